The minimum absolute atomic E-state index is 0.418. The standard InChI is InChI=1S/C15H21N7/c1-10(2)14-17-6-8-22(14)7-5-16-13-12-9-18-21(4)15(12)20-11(3)19-13/h6,8-10H,5,7H2,1-4H3,(H,16,19,20). The third-order valence-electron chi connectivity index (χ3n) is 3.61. The highest BCUT2D eigenvalue weighted by Crippen LogP contribution is 2.19. The fourth-order valence-electron chi connectivity index (χ4n) is 2.57. The quantitative estimate of drug-likeness (QED) is 0.781. The summed E-state index contributed by atoms with van der Waals surface area (Å²) in [4.78, 5) is 13.3. The molecular formula is C15H21N7. The SMILES string of the molecule is Cc1nc(NCCn2ccnc2C(C)C)c2cnn(C)c2n1. The van der Waals surface area contributed by atoms with Crippen molar-refractivity contribution in [3.63, 3.8) is 0 Å². The van der Waals surface area contributed by atoms with E-state index >= 15 is 0 Å². The predicted octanol–water partition coefficient (Wildman–Crippen LogP) is 2.10. The number of aromatic nitrogens is 6. The zero-order valence-electron chi connectivity index (χ0n) is 13.4. The summed E-state index contributed by atoms with van der Waals surface area (Å²) in [6.07, 6.45) is 5.67. The van der Waals surface area contributed by atoms with E-state index in [2.05, 4.69) is 43.8 Å². The maximum absolute atomic E-state index is 4.49. The molecule has 0 saturated carbocycles. The average molecular weight is 299 g/mol. The van der Waals surface area contributed by atoms with Crippen LogP contribution in [-0.2, 0) is 13.6 Å². The second-order valence-corrected chi connectivity index (χ2v) is 5.69. The summed E-state index contributed by atoms with van der Waals surface area (Å²) in [6.45, 7) is 7.82. The van der Waals surface area contributed by atoms with Gasteiger partial charge in [-0.3, -0.25) is 4.68 Å². The van der Waals surface area contributed by atoms with E-state index in [-0.39, 0.29) is 0 Å². The summed E-state index contributed by atoms with van der Waals surface area (Å²) in [5.74, 6) is 3.10. The highest BCUT2D eigenvalue weighted by atomic mass is 15.3. The Hall–Kier alpha value is -2.44. The van der Waals surface area contributed by atoms with Gasteiger partial charge in [-0.1, -0.05) is 13.8 Å². The number of hydrogen-bond acceptors (Lipinski definition) is 5. The second kappa shape index (κ2) is 5.75. The molecule has 0 aliphatic rings. The fourth-order valence-corrected chi connectivity index (χ4v) is 2.57. The lowest BCUT2D eigenvalue weighted by Gasteiger charge is -2.12. The summed E-state index contributed by atoms with van der Waals surface area (Å²) in [6, 6.07) is 0. The van der Waals surface area contributed by atoms with Crippen molar-refractivity contribution >= 4 is 16.9 Å². The van der Waals surface area contributed by atoms with Gasteiger partial charge in [-0.15, -0.1) is 0 Å². The Bertz CT molecular complexity index is 784. The van der Waals surface area contributed by atoms with Crippen molar-refractivity contribution in [2.24, 2.45) is 7.05 Å². The van der Waals surface area contributed by atoms with Crippen LogP contribution in [0.15, 0.2) is 18.6 Å². The van der Waals surface area contributed by atoms with Gasteiger partial charge in [0.05, 0.1) is 11.6 Å². The zero-order chi connectivity index (χ0) is 15.7. The minimum atomic E-state index is 0.418. The summed E-state index contributed by atoms with van der Waals surface area (Å²) in [5, 5.41) is 8.59. The Morgan fingerprint density at radius 3 is 2.86 bits per heavy atom. The maximum atomic E-state index is 4.49. The molecule has 3 aromatic heterocycles. The first-order valence-corrected chi connectivity index (χ1v) is 7.47. The van der Waals surface area contributed by atoms with Gasteiger partial charge >= 0.3 is 0 Å². The van der Waals surface area contributed by atoms with Crippen molar-refractivity contribution in [3.8, 4) is 0 Å². The molecule has 0 unspecified atom stereocenters. The summed E-state index contributed by atoms with van der Waals surface area (Å²) in [7, 11) is 1.89. The van der Waals surface area contributed by atoms with Crippen LogP contribution in [0.4, 0.5) is 5.82 Å². The maximum Gasteiger partial charge on any atom is 0.163 e. The van der Waals surface area contributed by atoms with Gasteiger partial charge in [-0.05, 0) is 6.92 Å². The Morgan fingerprint density at radius 1 is 1.27 bits per heavy atom. The van der Waals surface area contributed by atoms with Crippen LogP contribution in [0.3, 0.4) is 0 Å². The molecule has 7 nitrogen and oxygen atoms in total. The minimum Gasteiger partial charge on any atom is -0.368 e. The molecule has 0 aliphatic carbocycles. The van der Waals surface area contributed by atoms with E-state index in [1.54, 1.807) is 10.9 Å². The number of hydrogen-bond donors (Lipinski definition) is 1. The summed E-state index contributed by atoms with van der Waals surface area (Å²) >= 11 is 0. The van der Waals surface area contributed by atoms with Gasteiger partial charge in [-0.2, -0.15) is 5.10 Å². The van der Waals surface area contributed by atoms with Gasteiger partial charge in [-0.25, -0.2) is 15.0 Å². The molecule has 3 aromatic rings. The van der Waals surface area contributed by atoms with Gasteiger partial charge in [0.15, 0.2) is 5.65 Å². The first kappa shape index (κ1) is 14.5. The smallest absolute Gasteiger partial charge is 0.163 e. The highest BCUT2D eigenvalue weighted by molar-refractivity contribution is 5.86. The van der Waals surface area contributed by atoms with Crippen molar-refractivity contribution in [2.75, 3.05) is 11.9 Å². The number of anilines is 1. The molecule has 116 valence electrons. The lowest BCUT2D eigenvalue weighted by molar-refractivity contribution is 0.636. The van der Waals surface area contributed by atoms with E-state index < -0.39 is 0 Å². The predicted molar refractivity (Wildman–Crippen MR) is 85.8 cm³/mol. The van der Waals surface area contributed by atoms with Crippen molar-refractivity contribution in [1.29, 1.82) is 0 Å². The van der Waals surface area contributed by atoms with E-state index in [0.29, 0.717) is 5.92 Å². The van der Waals surface area contributed by atoms with Crippen molar-refractivity contribution in [2.45, 2.75) is 33.2 Å². The molecular weight excluding hydrogens is 278 g/mol. The summed E-state index contributed by atoms with van der Waals surface area (Å²) < 4.78 is 3.94. The fraction of sp³-hybridized carbons (Fsp3) is 0.467. The molecule has 3 rings (SSSR count). The molecule has 7 heteroatoms. The van der Waals surface area contributed by atoms with Crippen LogP contribution in [0.5, 0.6) is 0 Å². The Morgan fingerprint density at radius 2 is 2.09 bits per heavy atom. The van der Waals surface area contributed by atoms with Gasteiger partial charge in [0.25, 0.3) is 0 Å². The van der Waals surface area contributed by atoms with Crippen molar-refractivity contribution in [1.82, 2.24) is 29.3 Å². The van der Waals surface area contributed by atoms with Crippen LogP contribution in [0.1, 0.15) is 31.4 Å². The number of fused-ring (bicyclic) bond motifs is 1. The number of imidazole rings is 1. The summed E-state index contributed by atoms with van der Waals surface area (Å²) in [5.41, 5.74) is 0.848. The molecule has 0 radical (unpaired) electrons. The molecule has 22 heavy (non-hydrogen) atoms. The molecule has 3 heterocycles. The van der Waals surface area contributed by atoms with Crippen LogP contribution in [0.25, 0.3) is 11.0 Å². The van der Waals surface area contributed by atoms with Gasteiger partial charge in [0.2, 0.25) is 0 Å². The third kappa shape index (κ3) is 2.66. The number of rotatable bonds is 5. The Kier molecular flexibility index (Phi) is 3.79. The highest BCUT2D eigenvalue weighted by Gasteiger charge is 2.10. The van der Waals surface area contributed by atoms with Crippen molar-refractivity contribution < 1.29 is 0 Å². The first-order chi connectivity index (χ1) is 10.6. The largest absolute Gasteiger partial charge is 0.368 e. The van der Waals surface area contributed by atoms with E-state index in [0.717, 1.165) is 41.6 Å². The number of nitrogens with one attached hydrogen (secondary N) is 1. The molecule has 0 spiro atoms. The van der Waals surface area contributed by atoms with Crippen LogP contribution < -0.4 is 5.32 Å². The normalized spacial score (nSPS) is 11.5. The monoisotopic (exact) mass is 299 g/mol. The molecule has 0 saturated heterocycles. The van der Waals surface area contributed by atoms with Crippen LogP contribution in [0.2, 0.25) is 0 Å². The number of aryl methyl sites for hydroxylation is 2. The Balaban J connectivity index is 1.75. The van der Waals surface area contributed by atoms with E-state index in [4.69, 9.17) is 0 Å². The molecule has 0 bridgehead atoms. The zero-order valence-corrected chi connectivity index (χ0v) is 13.4. The molecule has 0 aliphatic heterocycles. The first-order valence-electron chi connectivity index (χ1n) is 7.47. The van der Waals surface area contributed by atoms with E-state index in [9.17, 15) is 0 Å². The van der Waals surface area contributed by atoms with Gasteiger partial charge < -0.3 is 9.88 Å². The van der Waals surface area contributed by atoms with Crippen molar-refractivity contribution in [3.05, 3.63) is 30.2 Å². The second-order valence-electron chi connectivity index (χ2n) is 5.69. The average Bonchev–Trinajstić information content (AvgIpc) is 3.07. The molecule has 0 amide bonds. The Labute approximate surface area is 129 Å². The molecule has 0 fully saturated rings. The molecule has 0 aromatic carbocycles. The lowest BCUT2D eigenvalue weighted by atomic mass is 10.2. The van der Waals surface area contributed by atoms with Gasteiger partial charge in [0.1, 0.15) is 17.5 Å². The van der Waals surface area contributed by atoms with E-state index in [1.807, 2.05) is 26.4 Å². The van der Waals surface area contributed by atoms with E-state index in [1.165, 1.54) is 0 Å². The topological polar surface area (TPSA) is 73.5 Å². The van der Waals surface area contributed by atoms with Gasteiger partial charge in [0, 0.05) is 38.4 Å². The molecule has 0 atom stereocenters. The third-order valence-corrected chi connectivity index (χ3v) is 3.61. The number of nitrogens with zero attached hydrogens (tertiary/aromatic N) is 6. The van der Waals surface area contributed by atoms with Crippen LogP contribution in [-0.4, -0.2) is 35.8 Å². The van der Waals surface area contributed by atoms with Crippen LogP contribution >= 0.6 is 0 Å². The lowest BCUT2D eigenvalue weighted by Crippen LogP contribution is -2.14. The molecule has 1 N–H and O–H groups in total. The van der Waals surface area contributed by atoms with Crippen LogP contribution in [0, 0.1) is 6.92 Å².